The van der Waals surface area contributed by atoms with Gasteiger partial charge in [0.25, 0.3) is 5.91 Å². The van der Waals surface area contributed by atoms with Gasteiger partial charge in [-0.05, 0) is 30.3 Å². The lowest BCUT2D eigenvalue weighted by molar-refractivity contribution is 0.101. The predicted molar refractivity (Wildman–Crippen MR) is 70.5 cm³/mol. The van der Waals surface area contributed by atoms with Crippen LogP contribution in [-0.2, 0) is 0 Å². The molecule has 2 rings (SSSR count). The number of rotatable bonds is 2. The molecule has 3 nitrogen and oxygen atoms in total. The number of benzene rings is 2. The highest BCUT2D eigenvalue weighted by Crippen LogP contribution is 2.22. The summed E-state index contributed by atoms with van der Waals surface area (Å²) in [6.45, 7) is 0. The summed E-state index contributed by atoms with van der Waals surface area (Å²) < 4.78 is 26.9. The van der Waals surface area contributed by atoms with Gasteiger partial charge in [0.2, 0.25) is 0 Å². The van der Waals surface area contributed by atoms with E-state index in [1.807, 2.05) is 6.07 Å². The van der Waals surface area contributed by atoms with Crippen molar-refractivity contribution in [2.45, 2.75) is 0 Å². The lowest BCUT2D eigenvalue weighted by Gasteiger charge is -2.08. The average Bonchev–Trinajstić information content (AvgIpc) is 2.38. The number of hydrogen-bond donors (Lipinski definition) is 1. The van der Waals surface area contributed by atoms with Gasteiger partial charge in [-0.15, -0.1) is 0 Å². The van der Waals surface area contributed by atoms with Gasteiger partial charge in [0.1, 0.15) is 23.3 Å². The number of hydrogen-bond acceptors (Lipinski definition) is 2. The van der Waals surface area contributed by atoms with E-state index >= 15 is 0 Å². The van der Waals surface area contributed by atoms with Crippen LogP contribution in [0.3, 0.4) is 0 Å². The van der Waals surface area contributed by atoms with E-state index in [4.69, 9.17) is 16.9 Å². The zero-order chi connectivity index (χ0) is 14.7. The Kier molecular flexibility index (Phi) is 3.97. The number of amides is 1. The molecule has 0 fully saturated rings. The number of nitriles is 1. The fourth-order valence-electron chi connectivity index (χ4n) is 1.62. The van der Waals surface area contributed by atoms with Gasteiger partial charge in [0.05, 0.1) is 11.3 Å². The summed E-state index contributed by atoms with van der Waals surface area (Å²) in [6, 6.07) is 9.15. The zero-order valence-electron chi connectivity index (χ0n) is 9.95. The normalized spacial score (nSPS) is 9.90. The molecule has 0 aliphatic rings. The first kappa shape index (κ1) is 14.0. The minimum atomic E-state index is -0.987. The van der Waals surface area contributed by atoms with Gasteiger partial charge in [0.15, 0.2) is 0 Å². The highest BCUT2D eigenvalue weighted by Gasteiger charge is 2.18. The number of carbonyl (C=O) groups is 1. The number of carbonyl (C=O) groups excluding carboxylic acids is 1. The largest absolute Gasteiger partial charge is 0.321 e. The summed E-state index contributed by atoms with van der Waals surface area (Å²) in [6.07, 6.45) is 0. The summed E-state index contributed by atoms with van der Waals surface area (Å²) >= 11 is 5.76. The molecule has 0 spiro atoms. The molecule has 0 unspecified atom stereocenters. The minimum absolute atomic E-state index is 0.0904. The van der Waals surface area contributed by atoms with E-state index in [0.29, 0.717) is 0 Å². The van der Waals surface area contributed by atoms with Crippen LogP contribution in [-0.4, -0.2) is 5.91 Å². The molecule has 100 valence electrons. The van der Waals surface area contributed by atoms with Crippen molar-refractivity contribution in [3.63, 3.8) is 0 Å². The van der Waals surface area contributed by atoms with E-state index in [2.05, 4.69) is 5.32 Å². The highest BCUT2D eigenvalue weighted by molar-refractivity contribution is 6.31. The maximum Gasteiger partial charge on any atom is 0.261 e. The first-order valence-corrected chi connectivity index (χ1v) is 5.85. The Morgan fingerprint density at radius 3 is 2.45 bits per heavy atom. The third kappa shape index (κ3) is 2.76. The van der Waals surface area contributed by atoms with Crippen molar-refractivity contribution in [1.82, 2.24) is 0 Å². The SMILES string of the molecule is N#Cc1ccc(Cl)cc1NC(=O)c1c(F)cccc1F. The maximum absolute atomic E-state index is 13.5. The molecule has 6 heteroatoms. The molecule has 1 amide bonds. The van der Waals surface area contributed by atoms with Crippen LogP contribution in [0.1, 0.15) is 15.9 Å². The van der Waals surface area contributed by atoms with E-state index in [1.165, 1.54) is 18.2 Å². The maximum atomic E-state index is 13.5. The van der Waals surface area contributed by atoms with Crippen LogP contribution >= 0.6 is 11.6 Å². The van der Waals surface area contributed by atoms with E-state index in [9.17, 15) is 13.6 Å². The van der Waals surface area contributed by atoms with Gasteiger partial charge in [-0.2, -0.15) is 5.26 Å². The lowest BCUT2D eigenvalue weighted by atomic mass is 10.1. The second-order valence-corrected chi connectivity index (χ2v) is 4.29. The quantitative estimate of drug-likeness (QED) is 0.916. The van der Waals surface area contributed by atoms with E-state index in [-0.39, 0.29) is 16.3 Å². The highest BCUT2D eigenvalue weighted by atomic mass is 35.5. The van der Waals surface area contributed by atoms with Gasteiger partial charge >= 0.3 is 0 Å². The van der Waals surface area contributed by atoms with Crippen molar-refractivity contribution in [2.75, 3.05) is 5.32 Å². The second-order valence-electron chi connectivity index (χ2n) is 3.85. The zero-order valence-corrected chi connectivity index (χ0v) is 10.7. The monoisotopic (exact) mass is 292 g/mol. The smallest absolute Gasteiger partial charge is 0.261 e. The Bertz CT molecular complexity index is 705. The van der Waals surface area contributed by atoms with Gasteiger partial charge in [-0.25, -0.2) is 8.78 Å². The van der Waals surface area contributed by atoms with Crippen LogP contribution in [0.2, 0.25) is 5.02 Å². The van der Waals surface area contributed by atoms with Crippen LogP contribution in [0.5, 0.6) is 0 Å². The standard InChI is InChI=1S/C14H7ClF2N2O/c15-9-5-4-8(7-18)12(6-9)19-14(20)13-10(16)2-1-3-11(13)17/h1-6H,(H,19,20). The molecule has 0 aliphatic heterocycles. The van der Waals surface area contributed by atoms with Crippen LogP contribution in [0.4, 0.5) is 14.5 Å². The van der Waals surface area contributed by atoms with Crippen molar-refractivity contribution in [3.05, 3.63) is 64.2 Å². The summed E-state index contributed by atoms with van der Waals surface area (Å²) in [5.74, 6) is -2.95. The number of nitrogens with zero attached hydrogens (tertiary/aromatic N) is 1. The number of anilines is 1. The fraction of sp³-hybridized carbons (Fsp3) is 0. The molecule has 20 heavy (non-hydrogen) atoms. The molecule has 0 saturated heterocycles. The average molecular weight is 293 g/mol. The van der Waals surface area contributed by atoms with Crippen LogP contribution < -0.4 is 5.32 Å². The molecule has 1 N–H and O–H groups in total. The van der Waals surface area contributed by atoms with E-state index in [1.54, 1.807) is 0 Å². The molecule has 2 aromatic carbocycles. The Balaban J connectivity index is 2.38. The van der Waals surface area contributed by atoms with Gasteiger partial charge in [0, 0.05) is 5.02 Å². The topological polar surface area (TPSA) is 52.9 Å². The molecule has 2 aromatic rings. The Labute approximate surface area is 118 Å². The first-order chi connectivity index (χ1) is 9.52. The molecule has 0 aromatic heterocycles. The lowest BCUT2D eigenvalue weighted by Crippen LogP contribution is -2.16. The first-order valence-electron chi connectivity index (χ1n) is 5.48. The van der Waals surface area contributed by atoms with Gasteiger partial charge < -0.3 is 5.32 Å². The predicted octanol–water partition coefficient (Wildman–Crippen LogP) is 3.74. The van der Waals surface area contributed by atoms with Crippen LogP contribution in [0.15, 0.2) is 36.4 Å². The fourth-order valence-corrected chi connectivity index (χ4v) is 1.79. The summed E-state index contributed by atoms with van der Waals surface area (Å²) in [5.41, 5.74) is -0.483. The Hall–Kier alpha value is -2.45. The summed E-state index contributed by atoms with van der Waals surface area (Å²) in [4.78, 5) is 11.9. The summed E-state index contributed by atoms with van der Waals surface area (Å²) in [7, 11) is 0. The van der Waals surface area contributed by atoms with Crippen molar-refractivity contribution in [1.29, 1.82) is 5.26 Å². The van der Waals surface area contributed by atoms with Gasteiger partial charge in [-0.3, -0.25) is 4.79 Å². The third-order valence-electron chi connectivity index (χ3n) is 2.54. The van der Waals surface area contributed by atoms with Crippen LogP contribution in [0, 0.1) is 23.0 Å². The molecular formula is C14H7ClF2N2O. The third-order valence-corrected chi connectivity index (χ3v) is 2.78. The summed E-state index contributed by atoms with van der Waals surface area (Å²) in [5, 5.41) is 11.5. The molecule has 0 heterocycles. The minimum Gasteiger partial charge on any atom is -0.321 e. The molecule has 0 bridgehead atoms. The van der Waals surface area contributed by atoms with Crippen molar-refractivity contribution in [3.8, 4) is 6.07 Å². The molecule has 0 atom stereocenters. The molecule has 0 aliphatic carbocycles. The second kappa shape index (κ2) is 5.68. The molecule has 0 radical (unpaired) electrons. The van der Waals surface area contributed by atoms with Crippen molar-refractivity contribution < 1.29 is 13.6 Å². The van der Waals surface area contributed by atoms with E-state index < -0.39 is 23.1 Å². The van der Waals surface area contributed by atoms with Crippen molar-refractivity contribution >= 4 is 23.2 Å². The van der Waals surface area contributed by atoms with Crippen molar-refractivity contribution in [2.24, 2.45) is 0 Å². The van der Waals surface area contributed by atoms with Crippen LogP contribution in [0.25, 0.3) is 0 Å². The Morgan fingerprint density at radius 1 is 1.20 bits per heavy atom. The Morgan fingerprint density at radius 2 is 1.85 bits per heavy atom. The molecule has 0 saturated carbocycles. The van der Waals surface area contributed by atoms with E-state index in [0.717, 1.165) is 18.2 Å². The number of halogens is 3. The number of nitrogens with one attached hydrogen (secondary N) is 1. The van der Waals surface area contributed by atoms with Gasteiger partial charge in [-0.1, -0.05) is 17.7 Å². The molecular weight excluding hydrogens is 286 g/mol.